The predicted molar refractivity (Wildman–Crippen MR) is 141 cm³/mol. The molecule has 0 radical (unpaired) electrons. The second kappa shape index (κ2) is 10.5. The van der Waals surface area contributed by atoms with Crippen molar-refractivity contribution in [3.63, 3.8) is 0 Å². The van der Waals surface area contributed by atoms with E-state index >= 15 is 0 Å². The lowest BCUT2D eigenvalue weighted by molar-refractivity contribution is -0.0601. The second-order valence-corrected chi connectivity index (χ2v) is 11.1. The average molecular weight is 517 g/mol. The number of ether oxygens (including phenoxy) is 1. The summed E-state index contributed by atoms with van der Waals surface area (Å²) in [5.41, 5.74) is 1.98. The van der Waals surface area contributed by atoms with E-state index in [-0.39, 0.29) is 6.04 Å². The number of pyridine rings is 1. The van der Waals surface area contributed by atoms with Crippen LogP contribution in [0, 0.1) is 19.8 Å². The van der Waals surface area contributed by atoms with Gasteiger partial charge in [0.05, 0.1) is 46.0 Å². The van der Waals surface area contributed by atoms with E-state index in [4.69, 9.17) is 19.7 Å². The number of aliphatic hydroxyl groups is 3. The second-order valence-electron chi connectivity index (χ2n) is 10.1. The Kier molecular flexibility index (Phi) is 7.77. The normalized spacial score (nSPS) is 23.2. The fourth-order valence-corrected chi connectivity index (χ4v) is 5.81. The minimum absolute atomic E-state index is 0.0160. The highest BCUT2D eigenvalue weighted by Crippen LogP contribution is 2.40. The molecule has 1 saturated carbocycles. The largest absolute Gasteiger partial charge is 0.390 e. The van der Waals surface area contributed by atoms with Crippen molar-refractivity contribution in [3.05, 3.63) is 23.7 Å². The number of aryl methyl sites for hydroxylation is 2. The van der Waals surface area contributed by atoms with Crippen molar-refractivity contribution in [3.8, 4) is 10.6 Å². The van der Waals surface area contributed by atoms with Crippen LogP contribution in [0.4, 0.5) is 11.8 Å². The van der Waals surface area contributed by atoms with Crippen molar-refractivity contribution in [2.45, 2.75) is 77.9 Å². The number of aliphatic hydroxyl groups excluding tert-OH is 2. The van der Waals surface area contributed by atoms with Gasteiger partial charge in [-0.3, -0.25) is 4.98 Å². The van der Waals surface area contributed by atoms with E-state index in [1.165, 1.54) is 11.3 Å². The lowest BCUT2D eigenvalue weighted by Gasteiger charge is -2.28. The smallest absolute Gasteiger partial charge is 0.225 e. The first kappa shape index (κ1) is 26.6. The van der Waals surface area contributed by atoms with Gasteiger partial charge in [0.2, 0.25) is 5.95 Å². The van der Waals surface area contributed by atoms with Gasteiger partial charge in [-0.05, 0) is 54.0 Å². The Morgan fingerprint density at radius 2 is 1.92 bits per heavy atom. The van der Waals surface area contributed by atoms with Crippen LogP contribution in [0.15, 0.2) is 12.3 Å². The number of aromatic nitrogens is 4. The Labute approximate surface area is 215 Å². The first-order valence-corrected chi connectivity index (χ1v) is 13.1. The molecule has 10 nitrogen and oxygen atoms in total. The molecule has 5 atom stereocenters. The van der Waals surface area contributed by atoms with Crippen LogP contribution in [0.25, 0.3) is 20.8 Å². The van der Waals surface area contributed by atoms with E-state index in [1.807, 2.05) is 33.8 Å². The Bertz CT molecular complexity index is 1210. The van der Waals surface area contributed by atoms with Crippen molar-refractivity contribution in [1.82, 2.24) is 19.9 Å². The van der Waals surface area contributed by atoms with Crippen LogP contribution >= 0.6 is 11.3 Å². The molecule has 11 heteroatoms. The molecule has 0 bridgehead atoms. The van der Waals surface area contributed by atoms with Crippen LogP contribution in [-0.4, -0.2) is 78.4 Å². The van der Waals surface area contributed by atoms with Gasteiger partial charge < -0.3 is 30.7 Å². The number of hydrogen-bond donors (Lipinski definition) is 5. The van der Waals surface area contributed by atoms with Crippen molar-refractivity contribution in [1.29, 1.82) is 0 Å². The highest BCUT2D eigenvalue weighted by molar-refractivity contribution is 7.21. The number of hydrogen-bond acceptors (Lipinski definition) is 11. The number of anilines is 2. The van der Waals surface area contributed by atoms with E-state index in [9.17, 15) is 15.3 Å². The molecule has 0 saturated heterocycles. The highest BCUT2D eigenvalue weighted by Gasteiger charge is 2.48. The van der Waals surface area contributed by atoms with Gasteiger partial charge in [0.1, 0.15) is 22.4 Å². The third-order valence-electron chi connectivity index (χ3n) is 6.65. The molecule has 196 valence electrons. The Hall–Kier alpha value is -2.44. The molecule has 0 aliphatic heterocycles. The molecule has 0 aromatic carbocycles. The lowest BCUT2D eigenvalue weighted by atomic mass is 9.88. The summed E-state index contributed by atoms with van der Waals surface area (Å²) < 4.78 is 6.52. The quantitative estimate of drug-likeness (QED) is 0.288. The standard InChI is InChI=1S/C25H36N6O4S/c1-7-35-11-12(2)27-24-28-13(3)18(23-30-19-14(4)26-9-8-17(19)36-23)22(31-24)29-16-10-15(25(5,6)34)20(32)21(16)33/h8-9,12,15-16,20-21,32-34H,7,10-11H2,1-6H3,(H2,27,28,29,31)/t12-,15+,16-,20-,21+/m1/s1. The topological polar surface area (TPSA) is 146 Å². The number of rotatable bonds is 9. The van der Waals surface area contributed by atoms with Crippen LogP contribution in [0.1, 0.15) is 45.5 Å². The van der Waals surface area contributed by atoms with Crippen LogP contribution in [-0.2, 0) is 4.74 Å². The fourth-order valence-electron chi connectivity index (χ4n) is 4.70. The molecular formula is C25H36N6O4S. The molecule has 5 N–H and O–H groups in total. The first-order valence-electron chi connectivity index (χ1n) is 12.3. The molecule has 1 aliphatic rings. The molecule has 0 unspecified atom stereocenters. The molecule has 3 aromatic rings. The molecule has 0 spiro atoms. The number of fused-ring (bicyclic) bond motifs is 1. The van der Waals surface area contributed by atoms with E-state index in [2.05, 4.69) is 15.6 Å². The summed E-state index contributed by atoms with van der Waals surface area (Å²) in [6, 6.07) is 1.40. The number of nitrogens with one attached hydrogen (secondary N) is 2. The average Bonchev–Trinajstić information content (AvgIpc) is 3.35. The van der Waals surface area contributed by atoms with Crippen molar-refractivity contribution in [2.24, 2.45) is 5.92 Å². The molecule has 3 aromatic heterocycles. The predicted octanol–water partition coefficient (Wildman–Crippen LogP) is 2.90. The molecule has 1 fully saturated rings. The van der Waals surface area contributed by atoms with E-state index in [0.29, 0.717) is 31.4 Å². The van der Waals surface area contributed by atoms with Crippen molar-refractivity contribution >= 4 is 33.3 Å². The van der Waals surface area contributed by atoms with Gasteiger partial charge in [-0.15, -0.1) is 11.3 Å². The van der Waals surface area contributed by atoms with Crippen LogP contribution in [0.5, 0.6) is 0 Å². The van der Waals surface area contributed by atoms with Gasteiger partial charge in [-0.2, -0.15) is 4.98 Å². The van der Waals surface area contributed by atoms with Gasteiger partial charge in [-0.25, -0.2) is 9.97 Å². The number of thiazole rings is 1. The summed E-state index contributed by atoms with van der Waals surface area (Å²) in [5.74, 6) is 0.444. The van der Waals surface area contributed by atoms with E-state index in [1.54, 1.807) is 20.0 Å². The molecule has 0 amide bonds. The Morgan fingerprint density at radius 1 is 1.17 bits per heavy atom. The molecule has 1 aliphatic carbocycles. The van der Waals surface area contributed by atoms with Crippen LogP contribution in [0.3, 0.4) is 0 Å². The van der Waals surface area contributed by atoms with Gasteiger partial charge in [0, 0.05) is 24.8 Å². The van der Waals surface area contributed by atoms with Crippen LogP contribution < -0.4 is 10.6 Å². The van der Waals surface area contributed by atoms with Crippen LogP contribution in [0.2, 0.25) is 0 Å². The minimum atomic E-state index is -1.14. The van der Waals surface area contributed by atoms with Gasteiger partial charge in [-0.1, -0.05) is 0 Å². The third-order valence-corrected chi connectivity index (χ3v) is 7.69. The monoisotopic (exact) mass is 516 g/mol. The summed E-state index contributed by atoms with van der Waals surface area (Å²) in [5, 5.41) is 39.4. The summed E-state index contributed by atoms with van der Waals surface area (Å²) in [4.78, 5) is 18.7. The van der Waals surface area contributed by atoms with E-state index in [0.717, 1.165) is 32.2 Å². The zero-order valence-corrected chi connectivity index (χ0v) is 22.4. The molecular weight excluding hydrogens is 480 g/mol. The molecule has 3 heterocycles. The van der Waals surface area contributed by atoms with Gasteiger partial charge in [0.15, 0.2) is 0 Å². The maximum atomic E-state index is 10.8. The minimum Gasteiger partial charge on any atom is -0.390 e. The summed E-state index contributed by atoms with van der Waals surface area (Å²) >= 11 is 1.52. The summed E-state index contributed by atoms with van der Waals surface area (Å²) in [6.07, 6.45) is 0.0105. The van der Waals surface area contributed by atoms with Gasteiger partial charge >= 0.3 is 0 Å². The maximum absolute atomic E-state index is 10.8. The lowest BCUT2D eigenvalue weighted by Crippen LogP contribution is -2.40. The maximum Gasteiger partial charge on any atom is 0.225 e. The highest BCUT2D eigenvalue weighted by atomic mass is 32.1. The molecule has 36 heavy (non-hydrogen) atoms. The van der Waals surface area contributed by atoms with Crippen molar-refractivity contribution in [2.75, 3.05) is 23.8 Å². The molecule has 4 rings (SSSR count). The zero-order valence-electron chi connectivity index (χ0n) is 21.6. The number of nitrogens with zero attached hydrogens (tertiary/aromatic N) is 4. The summed E-state index contributed by atoms with van der Waals surface area (Å²) in [7, 11) is 0. The SMILES string of the molecule is CCOC[C@@H](C)Nc1nc(C)c(-c2nc3c(C)nccc3s2)c(N[C@@H]2C[C@H](C(C)(C)O)[C@@H](O)[C@H]2O)n1. The summed E-state index contributed by atoms with van der Waals surface area (Å²) in [6.45, 7) is 12.2. The third kappa shape index (κ3) is 5.45. The van der Waals surface area contributed by atoms with Crippen molar-refractivity contribution < 1.29 is 20.1 Å². The Balaban J connectivity index is 1.74. The Morgan fingerprint density at radius 3 is 2.56 bits per heavy atom. The van der Waals surface area contributed by atoms with Gasteiger partial charge in [0.25, 0.3) is 0 Å². The van der Waals surface area contributed by atoms with E-state index < -0.39 is 29.8 Å². The zero-order chi connectivity index (χ0) is 26.2. The first-order chi connectivity index (χ1) is 17.0. The fraction of sp³-hybridized carbons (Fsp3) is 0.600.